The first-order chi connectivity index (χ1) is 9.92. The lowest BCUT2D eigenvalue weighted by Gasteiger charge is -2.00. The predicted molar refractivity (Wildman–Crippen MR) is 78.2 cm³/mol. The van der Waals surface area contributed by atoms with Crippen molar-refractivity contribution in [2.75, 3.05) is 6.61 Å². The molecule has 0 aliphatic heterocycles. The van der Waals surface area contributed by atoms with Gasteiger partial charge in [-0.2, -0.15) is 0 Å². The maximum Gasteiger partial charge on any atom is 0.358 e. The minimum absolute atomic E-state index is 0.00809. The molecule has 1 aromatic heterocycles. The quantitative estimate of drug-likeness (QED) is 0.639. The van der Waals surface area contributed by atoms with Gasteiger partial charge in [0.1, 0.15) is 15.7 Å². The number of esters is 1. The first kappa shape index (κ1) is 15.3. The first-order valence-corrected chi connectivity index (χ1v) is 7.20. The van der Waals surface area contributed by atoms with Crippen molar-refractivity contribution in [2.24, 2.45) is 0 Å². The van der Waals surface area contributed by atoms with Crippen LogP contribution in [0, 0.1) is 12.7 Å². The highest BCUT2D eigenvalue weighted by atomic mass is 32.1. The molecule has 0 saturated heterocycles. The monoisotopic (exact) mass is 307 g/mol. The van der Waals surface area contributed by atoms with Crippen molar-refractivity contribution in [3.8, 4) is 10.6 Å². The van der Waals surface area contributed by atoms with Crippen molar-refractivity contribution >= 4 is 23.1 Å². The lowest BCUT2D eigenvalue weighted by Crippen LogP contribution is -2.09. The summed E-state index contributed by atoms with van der Waals surface area (Å²) < 4.78 is 18.4. The molecule has 4 nitrogen and oxygen atoms in total. The van der Waals surface area contributed by atoms with Crippen molar-refractivity contribution < 1.29 is 18.7 Å². The average Bonchev–Trinajstić information content (AvgIpc) is 2.83. The number of halogens is 1. The van der Waals surface area contributed by atoms with E-state index in [0.717, 1.165) is 16.9 Å². The Morgan fingerprint density at radius 2 is 2.05 bits per heavy atom. The van der Waals surface area contributed by atoms with Crippen LogP contribution in [0.15, 0.2) is 18.2 Å². The molecule has 6 heteroatoms. The van der Waals surface area contributed by atoms with E-state index in [1.807, 2.05) is 0 Å². The van der Waals surface area contributed by atoms with Gasteiger partial charge < -0.3 is 4.74 Å². The van der Waals surface area contributed by atoms with Crippen molar-refractivity contribution in [3.05, 3.63) is 40.2 Å². The Bertz CT molecular complexity index is 689. The molecule has 0 aliphatic carbocycles. The Labute approximate surface area is 125 Å². The summed E-state index contributed by atoms with van der Waals surface area (Å²) in [7, 11) is 0. The highest BCUT2D eigenvalue weighted by Gasteiger charge is 2.23. The molecule has 0 radical (unpaired) electrons. The van der Waals surface area contributed by atoms with Crippen molar-refractivity contribution in [3.63, 3.8) is 0 Å². The maximum absolute atomic E-state index is 13.5. The van der Waals surface area contributed by atoms with E-state index in [-0.39, 0.29) is 28.8 Å². The molecule has 0 bridgehead atoms. The lowest BCUT2D eigenvalue weighted by atomic mass is 10.1. The Hall–Kier alpha value is -2.08. The maximum atomic E-state index is 13.5. The molecule has 21 heavy (non-hydrogen) atoms. The van der Waals surface area contributed by atoms with Crippen molar-refractivity contribution in [1.82, 2.24) is 4.98 Å². The summed E-state index contributed by atoms with van der Waals surface area (Å²) in [6.45, 7) is 4.99. The molecule has 0 atom stereocenters. The third-order valence-electron chi connectivity index (χ3n) is 2.70. The van der Waals surface area contributed by atoms with E-state index in [0.29, 0.717) is 10.6 Å². The summed E-state index contributed by atoms with van der Waals surface area (Å²) in [5.74, 6) is -1.30. The fourth-order valence-corrected chi connectivity index (χ4v) is 2.82. The molecule has 2 rings (SSSR count). The zero-order valence-corrected chi connectivity index (χ0v) is 12.7. The summed E-state index contributed by atoms with van der Waals surface area (Å²) in [6, 6.07) is 4.47. The number of Topliss-reactive ketones (excluding diaryl/α,β-unsaturated/α-hetero) is 1. The number of ether oxygens (including phenoxy) is 1. The van der Waals surface area contributed by atoms with E-state index in [1.54, 1.807) is 19.9 Å². The number of hydrogen-bond acceptors (Lipinski definition) is 5. The summed E-state index contributed by atoms with van der Waals surface area (Å²) in [5.41, 5.74) is 1.27. The van der Waals surface area contributed by atoms with Gasteiger partial charge in [0.25, 0.3) is 0 Å². The molecule has 0 amide bonds. The Balaban J connectivity index is 2.53. The molecule has 2 aromatic rings. The smallest absolute Gasteiger partial charge is 0.358 e. The van der Waals surface area contributed by atoms with Crippen molar-refractivity contribution in [2.45, 2.75) is 20.8 Å². The first-order valence-electron chi connectivity index (χ1n) is 6.38. The van der Waals surface area contributed by atoms with Crippen LogP contribution in [0.5, 0.6) is 0 Å². The standard InChI is InChI=1S/C15H14FNO3S/c1-4-20-15(19)12-13(9(3)18)21-14(17-12)10-5-8(2)6-11(16)7-10/h5-7H,4H2,1-3H3. The van der Waals surface area contributed by atoms with Gasteiger partial charge in [-0.3, -0.25) is 4.79 Å². The molecule has 0 N–H and O–H groups in total. The summed E-state index contributed by atoms with van der Waals surface area (Å²) in [4.78, 5) is 27.9. The molecular formula is C15H14FNO3S. The van der Waals surface area contributed by atoms with Crippen LogP contribution in [0.1, 0.15) is 39.6 Å². The van der Waals surface area contributed by atoms with E-state index < -0.39 is 5.97 Å². The van der Waals surface area contributed by atoms with Gasteiger partial charge in [0.05, 0.1) is 6.61 Å². The normalized spacial score (nSPS) is 10.5. The highest BCUT2D eigenvalue weighted by Crippen LogP contribution is 2.30. The van der Waals surface area contributed by atoms with Gasteiger partial charge in [0.2, 0.25) is 0 Å². The minimum atomic E-state index is -0.640. The summed E-state index contributed by atoms with van der Waals surface area (Å²) in [6.07, 6.45) is 0. The zero-order valence-electron chi connectivity index (χ0n) is 11.9. The number of hydrogen-bond donors (Lipinski definition) is 0. The topological polar surface area (TPSA) is 56.3 Å². The molecule has 1 heterocycles. The van der Waals surface area contributed by atoms with Gasteiger partial charge in [-0.05, 0) is 37.6 Å². The van der Waals surface area contributed by atoms with Crippen LogP contribution in [0.25, 0.3) is 10.6 Å². The highest BCUT2D eigenvalue weighted by molar-refractivity contribution is 7.17. The lowest BCUT2D eigenvalue weighted by molar-refractivity contribution is 0.0517. The number of benzene rings is 1. The zero-order chi connectivity index (χ0) is 15.6. The van der Waals surface area contributed by atoms with Crippen LogP contribution in [-0.2, 0) is 4.74 Å². The van der Waals surface area contributed by atoms with E-state index in [4.69, 9.17) is 4.74 Å². The largest absolute Gasteiger partial charge is 0.461 e. The van der Waals surface area contributed by atoms with Crippen LogP contribution in [-0.4, -0.2) is 23.3 Å². The van der Waals surface area contributed by atoms with Crippen LogP contribution in [0.2, 0.25) is 0 Å². The summed E-state index contributed by atoms with van der Waals surface area (Å²) in [5, 5.41) is 0.422. The van der Waals surface area contributed by atoms with Gasteiger partial charge in [0, 0.05) is 12.5 Å². The third-order valence-corrected chi connectivity index (χ3v) is 3.91. The van der Waals surface area contributed by atoms with E-state index in [2.05, 4.69) is 4.98 Å². The van der Waals surface area contributed by atoms with Gasteiger partial charge >= 0.3 is 5.97 Å². The van der Waals surface area contributed by atoms with Crippen LogP contribution >= 0.6 is 11.3 Å². The number of nitrogens with zero attached hydrogens (tertiary/aromatic N) is 1. The number of thiazole rings is 1. The van der Waals surface area contributed by atoms with E-state index >= 15 is 0 Å². The second kappa shape index (κ2) is 6.13. The number of carbonyl (C=O) groups excluding carboxylic acids is 2. The van der Waals surface area contributed by atoms with Gasteiger partial charge in [-0.15, -0.1) is 11.3 Å². The summed E-state index contributed by atoms with van der Waals surface area (Å²) >= 11 is 1.06. The number of aryl methyl sites for hydroxylation is 1. The molecular weight excluding hydrogens is 293 g/mol. The van der Waals surface area contributed by atoms with E-state index in [1.165, 1.54) is 19.1 Å². The Morgan fingerprint density at radius 1 is 1.33 bits per heavy atom. The number of ketones is 1. The van der Waals surface area contributed by atoms with Crippen LogP contribution in [0.3, 0.4) is 0 Å². The second-order valence-electron chi connectivity index (χ2n) is 4.49. The van der Waals surface area contributed by atoms with Gasteiger partial charge in [-0.1, -0.05) is 0 Å². The molecule has 0 spiro atoms. The number of carbonyl (C=O) groups is 2. The van der Waals surface area contributed by atoms with Crippen LogP contribution in [0.4, 0.5) is 4.39 Å². The van der Waals surface area contributed by atoms with Gasteiger partial charge in [-0.25, -0.2) is 14.2 Å². The second-order valence-corrected chi connectivity index (χ2v) is 5.49. The Kier molecular flexibility index (Phi) is 4.47. The predicted octanol–water partition coefficient (Wildman–Crippen LogP) is 3.64. The fraction of sp³-hybridized carbons (Fsp3) is 0.267. The van der Waals surface area contributed by atoms with Crippen molar-refractivity contribution in [1.29, 1.82) is 0 Å². The van der Waals surface area contributed by atoms with E-state index in [9.17, 15) is 14.0 Å². The Morgan fingerprint density at radius 3 is 2.62 bits per heavy atom. The average molecular weight is 307 g/mol. The molecule has 0 saturated carbocycles. The molecule has 0 unspecified atom stereocenters. The number of rotatable bonds is 4. The number of aromatic nitrogens is 1. The molecule has 0 fully saturated rings. The van der Waals surface area contributed by atoms with Gasteiger partial charge in [0.15, 0.2) is 11.5 Å². The fourth-order valence-electron chi connectivity index (χ4n) is 1.88. The molecule has 1 aromatic carbocycles. The van der Waals surface area contributed by atoms with Crippen LogP contribution < -0.4 is 0 Å². The minimum Gasteiger partial charge on any atom is -0.461 e. The SMILES string of the molecule is CCOC(=O)c1nc(-c2cc(C)cc(F)c2)sc1C(C)=O. The third kappa shape index (κ3) is 3.33. The molecule has 0 aliphatic rings. The molecule has 110 valence electrons.